The minimum Gasteiger partial charge on any atom is -0.488 e. The SMILES string of the molecule is Cc1c(COc2cc(OCc3cccc(C#N)c3)c(CN3CCOCC3)c3c2CCC3)cccc1-c1ccccc1. The van der Waals surface area contributed by atoms with Gasteiger partial charge in [-0.15, -0.1) is 0 Å². The molecule has 4 aromatic carbocycles. The van der Waals surface area contributed by atoms with Crippen molar-refractivity contribution in [2.24, 2.45) is 0 Å². The van der Waals surface area contributed by atoms with E-state index in [0.29, 0.717) is 18.8 Å². The minimum absolute atomic E-state index is 0.405. The van der Waals surface area contributed by atoms with E-state index >= 15 is 0 Å². The number of morpholine rings is 1. The molecule has 1 heterocycles. The number of hydrogen-bond acceptors (Lipinski definition) is 5. The summed E-state index contributed by atoms with van der Waals surface area (Å²) in [6.07, 6.45) is 3.18. The molecule has 208 valence electrons. The van der Waals surface area contributed by atoms with Crippen molar-refractivity contribution in [3.05, 3.63) is 118 Å². The average molecular weight is 545 g/mol. The molecule has 0 amide bonds. The normalized spacial score (nSPS) is 14.8. The van der Waals surface area contributed by atoms with Crippen LogP contribution < -0.4 is 9.47 Å². The van der Waals surface area contributed by atoms with E-state index in [4.69, 9.17) is 14.2 Å². The Morgan fingerprint density at radius 2 is 1.61 bits per heavy atom. The molecular weight excluding hydrogens is 508 g/mol. The quantitative estimate of drug-likeness (QED) is 0.227. The molecule has 5 nitrogen and oxygen atoms in total. The number of fused-ring (bicyclic) bond motifs is 1. The summed E-state index contributed by atoms with van der Waals surface area (Å²) in [5.74, 6) is 1.80. The van der Waals surface area contributed by atoms with Gasteiger partial charge >= 0.3 is 0 Å². The summed E-state index contributed by atoms with van der Waals surface area (Å²) in [5, 5.41) is 9.35. The van der Waals surface area contributed by atoms with Crippen molar-refractivity contribution in [3.8, 4) is 28.7 Å². The predicted molar refractivity (Wildman–Crippen MR) is 161 cm³/mol. The summed E-state index contributed by atoms with van der Waals surface area (Å²) in [4.78, 5) is 2.46. The van der Waals surface area contributed by atoms with E-state index in [1.54, 1.807) is 0 Å². The molecule has 0 radical (unpaired) electrons. The molecule has 2 aliphatic rings. The molecule has 0 aromatic heterocycles. The standard InChI is InChI=1S/C36H36N2O3/c1-26-30(12-6-13-31(26)29-10-3-2-4-11-29)25-41-35-21-36(40-24-28-9-5-8-27(20-28)22-37)34(32-14-7-15-33(32)35)23-38-16-18-39-19-17-38/h2-6,8-13,20-21H,7,14-19,23-25H2,1H3. The molecule has 0 N–H and O–H groups in total. The molecule has 1 saturated heterocycles. The maximum absolute atomic E-state index is 9.35. The van der Waals surface area contributed by atoms with Crippen LogP contribution in [0.3, 0.4) is 0 Å². The van der Waals surface area contributed by atoms with Crippen LogP contribution in [-0.2, 0) is 37.3 Å². The first-order valence-corrected chi connectivity index (χ1v) is 14.6. The van der Waals surface area contributed by atoms with Gasteiger partial charge in [-0.25, -0.2) is 0 Å². The highest BCUT2D eigenvalue weighted by molar-refractivity contribution is 5.68. The largest absolute Gasteiger partial charge is 0.488 e. The van der Waals surface area contributed by atoms with Crippen LogP contribution >= 0.6 is 0 Å². The lowest BCUT2D eigenvalue weighted by Gasteiger charge is -2.29. The third kappa shape index (κ3) is 6.15. The Kier molecular flexibility index (Phi) is 8.32. The molecule has 41 heavy (non-hydrogen) atoms. The van der Waals surface area contributed by atoms with Crippen molar-refractivity contribution in [2.45, 2.75) is 45.9 Å². The van der Waals surface area contributed by atoms with Crippen LogP contribution in [0.5, 0.6) is 11.5 Å². The van der Waals surface area contributed by atoms with Crippen molar-refractivity contribution in [3.63, 3.8) is 0 Å². The lowest BCUT2D eigenvalue weighted by atomic mass is 9.97. The first-order chi connectivity index (χ1) is 20.2. The maximum Gasteiger partial charge on any atom is 0.128 e. The summed E-state index contributed by atoms with van der Waals surface area (Å²) < 4.78 is 18.8. The molecule has 1 aliphatic heterocycles. The first kappa shape index (κ1) is 27.1. The second-order valence-corrected chi connectivity index (χ2v) is 10.9. The zero-order chi connectivity index (χ0) is 28.0. The molecule has 5 heteroatoms. The van der Waals surface area contributed by atoms with Crippen LogP contribution in [-0.4, -0.2) is 31.2 Å². The molecule has 4 aromatic rings. The summed E-state index contributed by atoms with van der Waals surface area (Å²) >= 11 is 0. The molecule has 0 spiro atoms. The Bertz CT molecular complexity index is 1550. The van der Waals surface area contributed by atoms with Crippen molar-refractivity contribution in [2.75, 3.05) is 26.3 Å². The second-order valence-electron chi connectivity index (χ2n) is 10.9. The molecular formula is C36H36N2O3. The Hall–Kier alpha value is -4.11. The molecule has 6 rings (SSSR count). The minimum atomic E-state index is 0.405. The zero-order valence-electron chi connectivity index (χ0n) is 23.7. The zero-order valence-corrected chi connectivity index (χ0v) is 23.7. The van der Waals surface area contributed by atoms with E-state index in [-0.39, 0.29) is 0 Å². The van der Waals surface area contributed by atoms with Gasteiger partial charge < -0.3 is 14.2 Å². The van der Waals surface area contributed by atoms with E-state index < -0.39 is 0 Å². The fraction of sp³-hybridized carbons (Fsp3) is 0.306. The Morgan fingerprint density at radius 1 is 0.829 bits per heavy atom. The predicted octanol–water partition coefficient (Wildman–Crippen LogP) is 7.01. The van der Waals surface area contributed by atoms with Gasteiger partial charge in [-0.1, -0.05) is 60.7 Å². The average Bonchev–Trinajstić information content (AvgIpc) is 3.52. The molecule has 0 bridgehead atoms. The Morgan fingerprint density at radius 3 is 2.44 bits per heavy atom. The smallest absolute Gasteiger partial charge is 0.128 e. The van der Waals surface area contributed by atoms with E-state index in [1.165, 1.54) is 38.9 Å². The van der Waals surface area contributed by atoms with Crippen LogP contribution in [0, 0.1) is 18.3 Å². The van der Waals surface area contributed by atoms with Gasteiger partial charge in [0, 0.05) is 31.3 Å². The molecule has 0 atom stereocenters. The van der Waals surface area contributed by atoms with Gasteiger partial charge in [0.05, 0.1) is 24.8 Å². The summed E-state index contributed by atoms with van der Waals surface area (Å²) in [7, 11) is 0. The van der Waals surface area contributed by atoms with Gasteiger partial charge in [-0.05, 0) is 77.3 Å². The third-order valence-electron chi connectivity index (χ3n) is 8.29. The van der Waals surface area contributed by atoms with Crippen LogP contribution in [0.1, 0.15) is 45.4 Å². The highest BCUT2D eigenvalue weighted by Gasteiger charge is 2.26. The van der Waals surface area contributed by atoms with Crippen molar-refractivity contribution in [1.29, 1.82) is 5.26 Å². The van der Waals surface area contributed by atoms with Crippen LogP contribution in [0.2, 0.25) is 0 Å². The van der Waals surface area contributed by atoms with E-state index in [9.17, 15) is 5.26 Å². The van der Waals surface area contributed by atoms with E-state index in [1.807, 2.05) is 24.3 Å². The van der Waals surface area contributed by atoms with Gasteiger partial charge in [0.15, 0.2) is 0 Å². The number of nitrogens with zero attached hydrogens (tertiary/aromatic N) is 2. The lowest BCUT2D eigenvalue weighted by Crippen LogP contribution is -2.36. The maximum atomic E-state index is 9.35. The molecule has 0 saturated carbocycles. The second kappa shape index (κ2) is 12.6. The molecule has 0 unspecified atom stereocenters. The van der Waals surface area contributed by atoms with Crippen molar-refractivity contribution in [1.82, 2.24) is 4.90 Å². The fourth-order valence-corrected chi connectivity index (χ4v) is 6.02. The van der Waals surface area contributed by atoms with Gasteiger partial charge in [0.25, 0.3) is 0 Å². The number of hydrogen-bond donors (Lipinski definition) is 0. The number of ether oxygens (including phenoxy) is 3. The van der Waals surface area contributed by atoms with Crippen LogP contribution in [0.25, 0.3) is 11.1 Å². The topological polar surface area (TPSA) is 54.7 Å². The van der Waals surface area contributed by atoms with Crippen LogP contribution in [0.15, 0.2) is 78.9 Å². The van der Waals surface area contributed by atoms with Gasteiger partial charge in [0.2, 0.25) is 0 Å². The van der Waals surface area contributed by atoms with Gasteiger partial charge in [-0.3, -0.25) is 4.90 Å². The highest BCUT2D eigenvalue weighted by Crippen LogP contribution is 2.41. The highest BCUT2D eigenvalue weighted by atomic mass is 16.5. The summed E-state index contributed by atoms with van der Waals surface area (Å²) in [5.41, 5.74) is 10.5. The van der Waals surface area contributed by atoms with Crippen LogP contribution in [0.4, 0.5) is 0 Å². The van der Waals surface area contributed by atoms with E-state index in [0.717, 1.165) is 69.2 Å². The van der Waals surface area contributed by atoms with Gasteiger partial charge in [0.1, 0.15) is 24.7 Å². The number of benzene rings is 4. The lowest BCUT2D eigenvalue weighted by molar-refractivity contribution is 0.0336. The molecule has 1 aliphatic carbocycles. The number of nitriles is 1. The van der Waals surface area contributed by atoms with Gasteiger partial charge in [-0.2, -0.15) is 5.26 Å². The van der Waals surface area contributed by atoms with Crippen molar-refractivity contribution >= 4 is 0 Å². The number of rotatable bonds is 9. The third-order valence-corrected chi connectivity index (χ3v) is 8.29. The fourth-order valence-electron chi connectivity index (χ4n) is 6.02. The summed E-state index contributed by atoms with van der Waals surface area (Å²) in [6, 6.07) is 29.0. The Labute approximate surface area is 242 Å². The Balaban J connectivity index is 1.30. The van der Waals surface area contributed by atoms with E-state index in [2.05, 4.69) is 72.5 Å². The summed E-state index contributed by atoms with van der Waals surface area (Å²) in [6.45, 7) is 7.32. The molecule has 1 fully saturated rings. The first-order valence-electron chi connectivity index (χ1n) is 14.6. The van der Waals surface area contributed by atoms with Crippen molar-refractivity contribution < 1.29 is 14.2 Å². The monoisotopic (exact) mass is 544 g/mol.